The first-order valence-corrected chi connectivity index (χ1v) is 17.8. The number of likely N-dealkylation sites (tertiary alicyclic amines) is 1. The normalized spacial score (nSPS) is 17.5. The molecule has 49 heavy (non-hydrogen) atoms. The van der Waals surface area contributed by atoms with Crippen LogP contribution in [0.1, 0.15) is 97.7 Å². The molecule has 4 aromatic rings. The van der Waals surface area contributed by atoms with Crippen LogP contribution in [0.15, 0.2) is 78.0 Å². The minimum absolute atomic E-state index is 0.0417. The number of aromatic nitrogens is 2. The molecule has 258 valence electrons. The molecule has 0 bridgehead atoms. The first kappa shape index (κ1) is 34.2. The average molecular weight is 663 g/mol. The first-order valence-electron chi connectivity index (χ1n) is 17.8. The molecule has 1 fully saturated rings. The smallest absolute Gasteiger partial charge is 0.280 e. The number of rotatable bonds is 11. The van der Waals surface area contributed by atoms with E-state index in [2.05, 4.69) is 69.0 Å². The highest BCUT2D eigenvalue weighted by Crippen LogP contribution is 2.39. The van der Waals surface area contributed by atoms with Crippen LogP contribution in [0.4, 0.5) is 11.4 Å². The van der Waals surface area contributed by atoms with Gasteiger partial charge in [-0.25, -0.2) is 4.68 Å². The molecule has 2 unspecified atom stereocenters. The zero-order chi connectivity index (χ0) is 34.9. The first-order chi connectivity index (χ1) is 23.5. The Hall–Kier alpha value is -4.66. The van der Waals surface area contributed by atoms with E-state index in [1.54, 1.807) is 10.9 Å². The number of fused-ring (bicyclic) bond motifs is 1. The summed E-state index contributed by atoms with van der Waals surface area (Å²) >= 11 is 0. The highest BCUT2D eigenvalue weighted by molar-refractivity contribution is 6.17. The van der Waals surface area contributed by atoms with Gasteiger partial charge >= 0.3 is 0 Å². The molecule has 0 saturated carbocycles. The van der Waals surface area contributed by atoms with Crippen molar-refractivity contribution in [2.24, 2.45) is 5.10 Å². The highest BCUT2D eigenvalue weighted by atomic mass is 16.5. The summed E-state index contributed by atoms with van der Waals surface area (Å²) in [6.45, 7) is 17.0. The van der Waals surface area contributed by atoms with E-state index >= 15 is 0 Å². The summed E-state index contributed by atoms with van der Waals surface area (Å²) in [4.78, 5) is 29.8. The van der Waals surface area contributed by atoms with Crippen molar-refractivity contribution in [1.29, 1.82) is 0 Å². The van der Waals surface area contributed by atoms with Crippen molar-refractivity contribution in [2.75, 3.05) is 23.4 Å². The van der Waals surface area contributed by atoms with Gasteiger partial charge in [-0.05, 0) is 84.9 Å². The van der Waals surface area contributed by atoms with Crippen LogP contribution >= 0.6 is 0 Å². The van der Waals surface area contributed by atoms with Gasteiger partial charge in [-0.1, -0.05) is 78.8 Å². The lowest BCUT2D eigenvalue weighted by atomic mass is 9.76. The zero-order valence-corrected chi connectivity index (χ0v) is 30.0. The van der Waals surface area contributed by atoms with Gasteiger partial charge in [0, 0.05) is 29.7 Å². The molecule has 3 aromatic carbocycles. The molecule has 2 aliphatic heterocycles. The van der Waals surface area contributed by atoms with Crippen molar-refractivity contribution < 1.29 is 14.3 Å². The van der Waals surface area contributed by atoms with Gasteiger partial charge in [-0.2, -0.15) is 10.1 Å². The second-order valence-electron chi connectivity index (χ2n) is 14.6. The van der Waals surface area contributed by atoms with Crippen molar-refractivity contribution in [3.8, 4) is 5.75 Å². The number of para-hydroxylation sites is 1. The predicted octanol–water partition coefficient (Wildman–Crippen LogP) is 8.20. The number of ether oxygens (including phenoxy) is 1. The Bertz CT molecular complexity index is 1850. The highest BCUT2D eigenvalue weighted by Gasteiger charge is 2.42. The largest absolute Gasteiger partial charge is 0.480 e. The maximum Gasteiger partial charge on any atom is 0.280 e. The third kappa shape index (κ3) is 6.67. The molecular weight excluding hydrogens is 612 g/mol. The third-order valence-corrected chi connectivity index (χ3v) is 10.6. The molecule has 2 atom stereocenters. The van der Waals surface area contributed by atoms with E-state index in [1.807, 2.05) is 61.5 Å². The fourth-order valence-electron chi connectivity index (χ4n) is 6.57. The second-order valence-corrected chi connectivity index (χ2v) is 14.6. The molecule has 9 heteroatoms. The molecule has 1 aromatic heterocycles. The SMILES string of the molecule is CCC(Oc1ccc(C(C)(C)CC)cc1C(C)(C)CC)C(=O)Nc1ccc(N2N=C(N3CCCC3)C(n3ncc4ccccc43)C2=O)cc1. The van der Waals surface area contributed by atoms with Crippen LogP contribution < -0.4 is 15.1 Å². The summed E-state index contributed by atoms with van der Waals surface area (Å²) in [5.41, 5.74) is 4.46. The summed E-state index contributed by atoms with van der Waals surface area (Å²) in [7, 11) is 0. The van der Waals surface area contributed by atoms with E-state index < -0.39 is 12.1 Å². The Morgan fingerprint density at radius 1 is 0.939 bits per heavy atom. The molecule has 0 radical (unpaired) electrons. The van der Waals surface area contributed by atoms with Crippen molar-refractivity contribution in [3.05, 3.63) is 84.1 Å². The number of nitrogens with zero attached hydrogens (tertiary/aromatic N) is 5. The van der Waals surface area contributed by atoms with Crippen LogP contribution in [0, 0.1) is 0 Å². The van der Waals surface area contributed by atoms with Gasteiger partial charge in [0.2, 0.25) is 0 Å². The summed E-state index contributed by atoms with van der Waals surface area (Å²) in [6.07, 6.45) is 5.74. The van der Waals surface area contributed by atoms with E-state index in [-0.39, 0.29) is 22.6 Å². The minimum Gasteiger partial charge on any atom is -0.480 e. The number of carbonyl (C=O) groups is 2. The lowest BCUT2D eigenvalue weighted by Crippen LogP contribution is -2.37. The van der Waals surface area contributed by atoms with Crippen LogP contribution in [0.3, 0.4) is 0 Å². The number of amides is 2. The summed E-state index contributed by atoms with van der Waals surface area (Å²) in [6, 6.07) is 21.0. The number of anilines is 2. The van der Waals surface area contributed by atoms with Gasteiger partial charge in [0.05, 0.1) is 17.4 Å². The molecule has 3 heterocycles. The average Bonchev–Trinajstić information content (AvgIpc) is 3.86. The van der Waals surface area contributed by atoms with E-state index in [0.717, 1.165) is 61.0 Å². The molecule has 6 rings (SSSR count). The van der Waals surface area contributed by atoms with Crippen LogP contribution in [0.2, 0.25) is 0 Å². The maximum absolute atomic E-state index is 14.0. The lowest BCUT2D eigenvalue weighted by Gasteiger charge is -2.31. The predicted molar refractivity (Wildman–Crippen MR) is 197 cm³/mol. The Morgan fingerprint density at radius 3 is 2.31 bits per heavy atom. The monoisotopic (exact) mass is 662 g/mol. The standard InChI is InChI=1S/C40H50N6O3/c1-8-33(49-34-22-17-28(39(4,5)9-2)25-31(34)40(6,7)10-3)37(47)42-29-18-20-30(21-19-29)45-38(48)35(36(43-45)44-23-13-14-24-44)46-32-16-12-11-15-27(32)26-41-46/h11-12,15-22,25-26,33,35H,8-10,13-14,23-24H2,1-7H3,(H,42,47). The molecule has 1 saturated heterocycles. The second kappa shape index (κ2) is 13.7. The van der Waals surface area contributed by atoms with Crippen molar-refractivity contribution >= 4 is 39.9 Å². The number of nitrogens with one attached hydrogen (secondary N) is 1. The van der Waals surface area contributed by atoms with Gasteiger partial charge in [0.25, 0.3) is 11.8 Å². The zero-order valence-electron chi connectivity index (χ0n) is 30.0. The maximum atomic E-state index is 14.0. The summed E-state index contributed by atoms with van der Waals surface area (Å²) in [5, 5.41) is 15.0. The number of carbonyl (C=O) groups excluding carboxylic acids is 2. The number of benzene rings is 3. The number of hydrogen-bond donors (Lipinski definition) is 1. The van der Waals surface area contributed by atoms with Gasteiger partial charge < -0.3 is 15.0 Å². The van der Waals surface area contributed by atoms with Crippen LogP contribution in [0.5, 0.6) is 5.75 Å². The number of hydrogen-bond acceptors (Lipinski definition) is 6. The summed E-state index contributed by atoms with van der Waals surface area (Å²) in [5.74, 6) is 1.09. The number of hydrazone groups is 1. The minimum atomic E-state index is -0.673. The van der Waals surface area contributed by atoms with Gasteiger partial charge in [-0.15, -0.1) is 5.10 Å². The fourth-order valence-corrected chi connectivity index (χ4v) is 6.57. The van der Waals surface area contributed by atoms with Crippen LogP contribution in [0.25, 0.3) is 10.9 Å². The van der Waals surface area contributed by atoms with Crippen molar-refractivity contribution in [3.63, 3.8) is 0 Å². The quantitative estimate of drug-likeness (QED) is 0.175. The Kier molecular flexibility index (Phi) is 9.56. The van der Waals surface area contributed by atoms with E-state index in [9.17, 15) is 9.59 Å². The molecular formula is C40H50N6O3. The molecule has 9 nitrogen and oxygen atoms in total. The number of amidine groups is 1. The molecule has 0 spiro atoms. The third-order valence-electron chi connectivity index (χ3n) is 10.6. The van der Waals surface area contributed by atoms with Crippen LogP contribution in [-0.4, -0.2) is 51.5 Å². The van der Waals surface area contributed by atoms with Crippen LogP contribution in [-0.2, 0) is 20.4 Å². The molecule has 1 N–H and O–H groups in total. The van der Waals surface area contributed by atoms with Gasteiger partial charge in [0.15, 0.2) is 18.0 Å². The Balaban J connectivity index is 1.20. The van der Waals surface area contributed by atoms with Crippen molar-refractivity contribution in [1.82, 2.24) is 14.7 Å². The molecule has 2 amide bonds. The Morgan fingerprint density at radius 2 is 1.63 bits per heavy atom. The van der Waals surface area contributed by atoms with E-state index in [1.165, 1.54) is 10.6 Å². The lowest BCUT2D eigenvalue weighted by molar-refractivity contribution is -0.123. The van der Waals surface area contributed by atoms with Gasteiger partial charge in [0.1, 0.15) is 5.75 Å². The van der Waals surface area contributed by atoms with Gasteiger partial charge in [-0.3, -0.25) is 9.59 Å². The Labute approximate surface area is 290 Å². The topological polar surface area (TPSA) is 92.1 Å². The van der Waals surface area contributed by atoms with Crippen molar-refractivity contribution in [2.45, 2.75) is 104 Å². The summed E-state index contributed by atoms with van der Waals surface area (Å²) < 4.78 is 8.27. The molecule has 0 aliphatic carbocycles. The molecule has 2 aliphatic rings. The van der Waals surface area contributed by atoms with E-state index in [0.29, 0.717) is 23.6 Å². The van der Waals surface area contributed by atoms with E-state index in [4.69, 9.17) is 9.84 Å². The fraction of sp³-hybridized carbons (Fsp3) is 0.450.